The van der Waals surface area contributed by atoms with E-state index < -0.39 is 6.09 Å². The number of ether oxygens (including phenoxy) is 2. The predicted molar refractivity (Wildman–Crippen MR) is 97.6 cm³/mol. The van der Waals surface area contributed by atoms with E-state index in [1.54, 1.807) is 19.2 Å². The molecule has 0 radical (unpaired) electrons. The lowest BCUT2D eigenvalue weighted by atomic mass is 10.2. The van der Waals surface area contributed by atoms with Gasteiger partial charge in [0.1, 0.15) is 5.82 Å². The van der Waals surface area contributed by atoms with Gasteiger partial charge in [0.15, 0.2) is 0 Å². The molecule has 1 aromatic carbocycles. The standard InChI is InChI=1S/C18H22N4O3/c1-2-25-18(23)21-17-8-7-14(13-19-17)20-15-5-3-4-6-16(15)22-9-11-24-12-10-22/h3-8,13,20H,2,9-12H2,1H3,(H,19,21,23). The van der Waals surface area contributed by atoms with Crippen molar-refractivity contribution >= 4 is 29.0 Å². The Balaban J connectivity index is 1.69. The molecule has 1 saturated heterocycles. The zero-order chi connectivity index (χ0) is 17.5. The normalized spacial score (nSPS) is 14.0. The van der Waals surface area contributed by atoms with Gasteiger partial charge in [-0.3, -0.25) is 5.32 Å². The monoisotopic (exact) mass is 342 g/mol. The van der Waals surface area contributed by atoms with Crippen molar-refractivity contribution in [3.05, 3.63) is 42.6 Å². The Morgan fingerprint density at radius 1 is 1.24 bits per heavy atom. The minimum absolute atomic E-state index is 0.323. The first kappa shape index (κ1) is 17.0. The van der Waals surface area contributed by atoms with Crippen molar-refractivity contribution in [2.24, 2.45) is 0 Å². The molecule has 0 aliphatic carbocycles. The summed E-state index contributed by atoms with van der Waals surface area (Å²) in [5.41, 5.74) is 2.99. The van der Waals surface area contributed by atoms with Crippen LogP contribution in [0.5, 0.6) is 0 Å². The molecule has 0 unspecified atom stereocenters. The molecular formula is C18H22N4O3. The molecule has 0 bridgehead atoms. The molecule has 0 saturated carbocycles. The van der Waals surface area contributed by atoms with Crippen LogP contribution in [-0.4, -0.2) is 44.0 Å². The number of amides is 1. The Labute approximate surface area is 147 Å². The van der Waals surface area contributed by atoms with Gasteiger partial charge in [0.2, 0.25) is 0 Å². The highest BCUT2D eigenvalue weighted by molar-refractivity contribution is 5.83. The summed E-state index contributed by atoms with van der Waals surface area (Å²) in [4.78, 5) is 17.9. The van der Waals surface area contributed by atoms with Crippen molar-refractivity contribution in [2.75, 3.05) is 48.4 Å². The maximum absolute atomic E-state index is 11.4. The van der Waals surface area contributed by atoms with Gasteiger partial charge < -0.3 is 19.7 Å². The van der Waals surface area contributed by atoms with Crippen LogP contribution in [0.3, 0.4) is 0 Å². The number of nitrogens with one attached hydrogen (secondary N) is 2. The van der Waals surface area contributed by atoms with E-state index in [1.807, 2.05) is 24.3 Å². The molecule has 1 fully saturated rings. The molecule has 2 heterocycles. The summed E-state index contributed by atoms with van der Waals surface area (Å²) in [6.45, 7) is 5.31. The second-order valence-electron chi connectivity index (χ2n) is 5.52. The number of benzene rings is 1. The van der Waals surface area contributed by atoms with E-state index in [-0.39, 0.29) is 0 Å². The van der Waals surface area contributed by atoms with Crippen LogP contribution in [0.1, 0.15) is 6.92 Å². The highest BCUT2D eigenvalue weighted by Crippen LogP contribution is 2.29. The number of hydrogen-bond donors (Lipinski definition) is 2. The van der Waals surface area contributed by atoms with Gasteiger partial charge in [-0.2, -0.15) is 0 Å². The average Bonchev–Trinajstić information content (AvgIpc) is 2.65. The first-order valence-electron chi connectivity index (χ1n) is 8.35. The molecule has 1 aliphatic rings. The fourth-order valence-electron chi connectivity index (χ4n) is 2.63. The van der Waals surface area contributed by atoms with Gasteiger partial charge in [-0.15, -0.1) is 0 Å². The number of hydrogen-bond acceptors (Lipinski definition) is 6. The van der Waals surface area contributed by atoms with E-state index in [0.29, 0.717) is 12.4 Å². The zero-order valence-corrected chi connectivity index (χ0v) is 14.2. The van der Waals surface area contributed by atoms with Gasteiger partial charge in [-0.05, 0) is 31.2 Å². The Hall–Kier alpha value is -2.80. The quantitative estimate of drug-likeness (QED) is 0.869. The summed E-state index contributed by atoms with van der Waals surface area (Å²) in [7, 11) is 0. The predicted octanol–water partition coefficient (Wildman–Crippen LogP) is 3.23. The van der Waals surface area contributed by atoms with E-state index >= 15 is 0 Å². The maximum Gasteiger partial charge on any atom is 0.412 e. The van der Waals surface area contributed by atoms with Crippen LogP contribution in [0.4, 0.5) is 27.7 Å². The molecule has 1 amide bonds. The average molecular weight is 342 g/mol. The minimum Gasteiger partial charge on any atom is -0.450 e. The second kappa shape index (κ2) is 8.34. The number of para-hydroxylation sites is 2. The van der Waals surface area contributed by atoms with Crippen LogP contribution in [-0.2, 0) is 9.47 Å². The zero-order valence-electron chi connectivity index (χ0n) is 14.2. The van der Waals surface area contributed by atoms with Gasteiger partial charge in [-0.1, -0.05) is 12.1 Å². The Morgan fingerprint density at radius 2 is 2.04 bits per heavy atom. The van der Waals surface area contributed by atoms with Gasteiger partial charge in [0.25, 0.3) is 0 Å². The number of rotatable bonds is 5. The molecule has 7 nitrogen and oxygen atoms in total. The number of carbonyl (C=O) groups is 1. The number of aromatic nitrogens is 1. The third kappa shape index (κ3) is 4.60. The molecule has 2 N–H and O–H groups in total. The molecule has 132 valence electrons. The first-order valence-corrected chi connectivity index (χ1v) is 8.35. The molecule has 0 spiro atoms. The number of morpholine rings is 1. The summed E-state index contributed by atoms with van der Waals surface area (Å²) >= 11 is 0. The van der Waals surface area contributed by atoms with E-state index in [4.69, 9.17) is 9.47 Å². The van der Waals surface area contributed by atoms with Crippen molar-refractivity contribution in [3.8, 4) is 0 Å². The van der Waals surface area contributed by atoms with Gasteiger partial charge in [0.05, 0.1) is 43.1 Å². The molecule has 1 aromatic heterocycles. The lowest BCUT2D eigenvalue weighted by Gasteiger charge is -2.30. The highest BCUT2D eigenvalue weighted by Gasteiger charge is 2.14. The third-order valence-corrected chi connectivity index (χ3v) is 3.80. The van der Waals surface area contributed by atoms with Crippen LogP contribution in [0.2, 0.25) is 0 Å². The van der Waals surface area contributed by atoms with E-state index in [2.05, 4.69) is 26.6 Å². The Kier molecular flexibility index (Phi) is 5.69. The van der Waals surface area contributed by atoms with Crippen LogP contribution in [0.15, 0.2) is 42.6 Å². The fraction of sp³-hybridized carbons (Fsp3) is 0.333. The van der Waals surface area contributed by atoms with E-state index in [0.717, 1.165) is 43.4 Å². The summed E-state index contributed by atoms with van der Waals surface area (Å²) in [5, 5.41) is 5.96. The second-order valence-corrected chi connectivity index (χ2v) is 5.52. The first-order chi connectivity index (χ1) is 12.3. The molecule has 0 atom stereocenters. The molecule has 2 aromatic rings. The number of pyridine rings is 1. The highest BCUT2D eigenvalue weighted by atomic mass is 16.5. The van der Waals surface area contributed by atoms with E-state index in [9.17, 15) is 4.79 Å². The Bertz CT molecular complexity index is 700. The SMILES string of the molecule is CCOC(=O)Nc1ccc(Nc2ccccc2N2CCOCC2)cn1. The smallest absolute Gasteiger partial charge is 0.412 e. The lowest BCUT2D eigenvalue weighted by Crippen LogP contribution is -2.36. The molecule has 3 rings (SSSR count). The van der Waals surface area contributed by atoms with Gasteiger partial charge in [0, 0.05) is 13.1 Å². The van der Waals surface area contributed by atoms with E-state index in [1.165, 1.54) is 0 Å². The largest absolute Gasteiger partial charge is 0.450 e. The summed E-state index contributed by atoms with van der Waals surface area (Å²) < 4.78 is 10.3. The fourth-order valence-corrected chi connectivity index (χ4v) is 2.63. The molecule has 7 heteroatoms. The Morgan fingerprint density at radius 3 is 2.76 bits per heavy atom. The van der Waals surface area contributed by atoms with Gasteiger partial charge in [-0.25, -0.2) is 9.78 Å². The number of nitrogens with zero attached hydrogens (tertiary/aromatic N) is 2. The van der Waals surface area contributed by atoms with Crippen LogP contribution >= 0.6 is 0 Å². The number of anilines is 4. The van der Waals surface area contributed by atoms with Crippen LogP contribution in [0, 0.1) is 0 Å². The lowest BCUT2D eigenvalue weighted by molar-refractivity contribution is 0.123. The van der Waals surface area contributed by atoms with Crippen molar-refractivity contribution < 1.29 is 14.3 Å². The molecular weight excluding hydrogens is 320 g/mol. The van der Waals surface area contributed by atoms with Crippen molar-refractivity contribution in [2.45, 2.75) is 6.92 Å². The maximum atomic E-state index is 11.4. The topological polar surface area (TPSA) is 75.7 Å². The van der Waals surface area contributed by atoms with Crippen molar-refractivity contribution in [1.82, 2.24) is 4.98 Å². The summed E-state index contributed by atoms with van der Waals surface area (Å²) in [6, 6.07) is 11.8. The van der Waals surface area contributed by atoms with Gasteiger partial charge >= 0.3 is 6.09 Å². The van der Waals surface area contributed by atoms with Crippen LogP contribution < -0.4 is 15.5 Å². The summed E-state index contributed by atoms with van der Waals surface area (Å²) in [5.74, 6) is 0.450. The molecule has 1 aliphatic heterocycles. The van der Waals surface area contributed by atoms with Crippen molar-refractivity contribution in [3.63, 3.8) is 0 Å². The van der Waals surface area contributed by atoms with Crippen LogP contribution in [0.25, 0.3) is 0 Å². The third-order valence-electron chi connectivity index (χ3n) is 3.80. The summed E-state index contributed by atoms with van der Waals surface area (Å²) in [6.07, 6.45) is 1.17. The number of carbonyl (C=O) groups excluding carboxylic acids is 1. The van der Waals surface area contributed by atoms with Crippen molar-refractivity contribution in [1.29, 1.82) is 0 Å². The minimum atomic E-state index is -0.506. The molecule has 25 heavy (non-hydrogen) atoms.